The maximum Gasteiger partial charge on any atom is 0.231 e. The Morgan fingerprint density at radius 3 is 2.18 bits per heavy atom. The molecule has 0 fully saturated rings. The molecule has 1 N–H and O–H groups in total. The first kappa shape index (κ1) is 14.3. The quantitative estimate of drug-likeness (QED) is 0.847. The summed E-state index contributed by atoms with van der Waals surface area (Å²) in [6, 6.07) is 13.1. The molecule has 0 radical (unpaired) electrons. The Morgan fingerprint density at radius 1 is 0.864 bits per heavy atom. The highest BCUT2D eigenvalue weighted by molar-refractivity contribution is 5.46. The van der Waals surface area contributed by atoms with E-state index in [0.29, 0.717) is 0 Å². The summed E-state index contributed by atoms with van der Waals surface area (Å²) < 4.78 is 10.7. The Morgan fingerprint density at radius 2 is 1.45 bits per heavy atom. The molecule has 0 unspecified atom stereocenters. The summed E-state index contributed by atoms with van der Waals surface area (Å²) in [5.41, 5.74) is 4.21. The lowest BCUT2D eigenvalue weighted by Gasteiger charge is -2.10. The molecule has 0 saturated carbocycles. The van der Waals surface area contributed by atoms with Gasteiger partial charge in [0.2, 0.25) is 6.79 Å². The van der Waals surface area contributed by atoms with Crippen molar-refractivity contribution in [1.29, 1.82) is 0 Å². The number of ether oxygens (including phenoxy) is 2. The normalized spacial score (nSPS) is 12.2. The lowest BCUT2D eigenvalue weighted by molar-refractivity contribution is 0.174. The monoisotopic (exact) mass is 294 g/mol. The zero-order valence-electron chi connectivity index (χ0n) is 12.3. The molecule has 0 bridgehead atoms. The van der Waals surface area contributed by atoms with Crippen LogP contribution in [0.4, 0.5) is 0 Å². The number of rotatable bonds is 5. The molecule has 0 aromatic heterocycles. The van der Waals surface area contributed by atoms with Crippen molar-refractivity contribution in [3.8, 4) is 17.2 Å². The van der Waals surface area contributed by atoms with Crippen molar-refractivity contribution in [1.82, 2.24) is 0 Å². The summed E-state index contributed by atoms with van der Waals surface area (Å²) in [6.45, 7) is 8.54. The SMILES string of the molecule is C=C(Cc1ccc(O)cc1)C(=C)Cc1ccc2c(c1)OCO2. The maximum absolute atomic E-state index is 9.31. The summed E-state index contributed by atoms with van der Waals surface area (Å²) in [5.74, 6) is 1.85. The first-order valence-electron chi connectivity index (χ1n) is 7.14. The fourth-order valence-corrected chi connectivity index (χ4v) is 2.41. The van der Waals surface area contributed by atoms with Gasteiger partial charge in [-0.25, -0.2) is 0 Å². The number of phenolic OH excluding ortho intramolecular Hbond substituents is 1. The minimum atomic E-state index is 0.272. The van der Waals surface area contributed by atoms with Crippen LogP contribution in [0.1, 0.15) is 11.1 Å². The molecule has 3 nitrogen and oxygen atoms in total. The van der Waals surface area contributed by atoms with Gasteiger partial charge in [-0.3, -0.25) is 0 Å². The van der Waals surface area contributed by atoms with Gasteiger partial charge in [0.05, 0.1) is 0 Å². The highest BCUT2D eigenvalue weighted by Crippen LogP contribution is 2.33. The second kappa shape index (κ2) is 5.98. The van der Waals surface area contributed by atoms with Crippen LogP contribution in [0.5, 0.6) is 17.2 Å². The van der Waals surface area contributed by atoms with Gasteiger partial charge in [-0.1, -0.05) is 31.4 Å². The maximum atomic E-state index is 9.31. The van der Waals surface area contributed by atoms with Crippen LogP contribution in [0.25, 0.3) is 0 Å². The Kier molecular flexibility index (Phi) is 3.88. The fraction of sp³-hybridized carbons (Fsp3) is 0.158. The average Bonchev–Trinajstić information content (AvgIpc) is 2.97. The molecule has 3 heteroatoms. The van der Waals surface area contributed by atoms with Crippen molar-refractivity contribution in [2.24, 2.45) is 0 Å². The number of hydrogen-bond donors (Lipinski definition) is 1. The van der Waals surface area contributed by atoms with Crippen molar-refractivity contribution < 1.29 is 14.6 Å². The standard InChI is InChI=1S/C19H18O3/c1-13(9-15-3-6-17(20)7-4-15)14(2)10-16-5-8-18-19(11-16)22-12-21-18/h3-8,11,20H,1-2,9-10,12H2. The van der Waals surface area contributed by atoms with E-state index in [-0.39, 0.29) is 12.5 Å². The lowest BCUT2D eigenvalue weighted by atomic mass is 9.95. The van der Waals surface area contributed by atoms with Crippen LogP contribution in [0.15, 0.2) is 66.8 Å². The smallest absolute Gasteiger partial charge is 0.231 e. The third kappa shape index (κ3) is 3.14. The van der Waals surface area contributed by atoms with E-state index in [2.05, 4.69) is 13.2 Å². The highest BCUT2D eigenvalue weighted by Gasteiger charge is 2.13. The van der Waals surface area contributed by atoms with Crippen LogP contribution in [0.2, 0.25) is 0 Å². The van der Waals surface area contributed by atoms with Crippen molar-refractivity contribution in [2.75, 3.05) is 6.79 Å². The molecule has 0 amide bonds. The van der Waals surface area contributed by atoms with E-state index < -0.39 is 0 Å². The van der Waals surface area contributed by atoms with Crippen LogP contribution >= 0.6 is 0 Å². The molecule has 0 saturated heterocycles. The zero-order valence-corrected chi connectivity index (χ0v) is 12.3. The summed E-state index contributed by atoms with van der Waals surface area (Å²) in [5, 5.41) is 9.31. The Labute approximate surface area is 130 Å². The van der Waals surface area contributed by atoms with E-state index in [1.54, 1.807) is 12.1 Å². The largest absolute Gasteiger partial charge is 0.508 e. The minimum absolute atomic E-state index is 0.272. The van der Waals surface area contributed by atoms with Gasteiger partial charge >= 0.3 is 0 Å². The Balaban J connectivity index is 1.63. The summed E-state index contributed by atoms with van der Waals surface area (Å²) in [6.07, 6.45) is 1.46. The number of fused-ring (bicyclic) bond motifs is 1. The zero-order chi connectivity index (χ0) is 15.5. The van der Waals surface area contributed by atoms with Gasteiger partial charge in [-0.05, 0) is 59.4 Å². The van der Waals surface area contributed by atoms with Crippen LogP contribution in [0, 0.1) is 0 Å². The topological polar surface area (TPSA) is 38.7 Å². The molecular formula is C19H18O3. The van der Waals surface area contributed by atoms with Crippen molar-refractivity contribution in [3.05, 3.63) is 77.9 Å². The highest BCUT2D eigenvalue weighted by atomic mass is 16.7. The fourth-order valence-electron chi connectivity index (χ4n) is 2.41. The van der Waals surface area contributed by atoms with E-state index in [0.717, 1.165) is 46.6 Å². The molecule has 2 aromatic carbocycles. The van der Waals surface area contributed by atoms with Crippen molar-refractivity contribution in [3.63, 3.8) is 0 Å². The van der Waals surface area contributed by atoms with Crippen molar-refractivity contribution >= 4 is 0 Å². The van der Waals surface area contributed by atoms with E-state index in [4.69, 9.17) is 9.47 Å². The molecule has 112 valence electrons. The molecule has 0 spiro atoms. The molecular weight excluding hydrogens is 276 g/mol. The third-order valence-electron chi connectivity index (χ3n) is 3.71. The van der Waals surface area contributed by atoms with E-state index >= 15 is 0 Å². The van der Waals surface area contributed by atoms with Crippen LogP contribution in [-0.4, -0.2) is 11.9 Å². The first-order valence-corrected chi connectivity index (χ1v) is 7.14. The predicted octanol–water partition coefficient (Wildman–Crippen LogP) is 4.02. The molecule has 1 aliphatic heterocycles. The molecule has 0 atom stereocenters. The molecule has 3 rings (SSSR count). The number of hydrogen-bond acceptors (Lipinski definition) is 3. The number of phenols is 1. The molecule has 2 aromatic rings. The van der Waals surface area contributed by atoms with E-state index in [1.165, 1.54) is 0 Å². The number of benzene rings is 2. The van der Waals surface area contributed by atoms with Gasteiger partial charge in [0, 0.05) is 0 Å². The molecule has 1 heterocycles. The third-order valence-corrected chi connectivity index (χ3v) is 3.71. The van der Waals surface area contributed by atoms with Crippen LogP contribution in [-0.2, 0) is 12.8 Å². The van der Waals surface area contributed by atoms with Gasteiger partial charge in [0.25, 0.3) is 0 Å². The summed E-state index contributed by atoms with van der Waals surface area (Å²) in [4.78, 5) is 0. The van der Waals surface area contributed by atoms with Crippen LogP contribution < -0.4 is 9.47 Å². The predicted molar refractivity (Wildman–Crippen MR) is 86.4 cm³/mol. The van der Waals surface area contributed by atoms with Crippen LogP contribution in [0.3, 0.4) is 0 Å². The lowest BCUT2D eigenvalue weighted by Crippen LogP contribution is -1.96. The number of aromatic hydroxyl groups is 1. The van der Waals surface area contributed by atoms with Gasteiger partial charge in [0.1, 0.15) is 5.75 Å². The molecule has 0 aliphatic carbocycles. The molecule has 1 aliphatic rings. The van der Waals surface area contributed by atoms with Gasteiger partial charge in [-0.15, -0.1) is 0 Å². The van der Waals surface area contributed by atoms with Crippen molar-refractivity contribution in [2.45, 2.75) is 12.8 Å². The summed E-state index contributed by atoms with van der Waals surface area (Å²) >= 11 is 0. The van der Waals surface area contributed by atoms with Gasteiger partial charge in [0.15, 0.2) is 11.5 Å². The average molecular weight is 294 g/mol. The van der Waals surface area contributed by atoms with E-state index in [9.17, 15) is 5.11 Å². The summed E-state index contributed by atoms with van der Waals surface area (Å²) in [7, 11) is 0. The molecule has 22 heavy (non-hydrogen) atoms. The van der Waals surface area contributed by atoms with E-state index in [1.807, 2.05) is 30.3 Å². The Bertz CT molecular complexity index is 714. The minimum Gasteiger partial charge on any atom is -0.508 e. The number of allylic oxidation sites excluding steroid dienone is 2. The van der Waals surface area contributed by atoms with Gasteiger partial charge < -0.3 is 14.6 Å². The second-order valence-electron chi connectivity index (χ2n) is 5.41. The second-order valence-corrected chi connectivity index (χ2v) is 5.41. The first-order chi connectivity index (χ1) is 10.6. The van der Waals surface area contributed by atoms with Gasteiger partial charge in [-0.2, -0.15) is 0 Å². The Hall–Kier alpha value is -2.68.